The lowest BCUT2D eigenvalue weighted by Gasteiger charge is -2.19. The molecule has 0 N–H and O–H groups in total. The first-order valence-corrected chi connectivity index (χ1v) is 10.3. The first-order chi connectivity index (χ1) is 15.4. The number of rotatable bonds is 6. The van der Waals surface area contributed by atoms with Gasteiger partial charge in [-0.25, -0.2) is 13.2 Å². The fourth-order valence-corrected chi connectivity index (χ4v) is 3.56. The second kappa shape index (κ2) is 9.27. The smallest absolute Gasteiger partial charge is 0.123 e. The molecule has 0 spiro atoms. The number of hydrogen-bond acceptors (Lipinski definition) is 2. The molecule has 0 radical (unpaired) electrons. The molecule has 32 heavy (non-hydrogen) atoms. The minimum atomic E-state index is -0.336. The van der Waals surface area contributed by atoms with Crippen LogP contribution in [-0.4, -0.2) is 4.98 Å². The summed E-state index contributed by atoms with van der Waals surface area (Å²) in [5, 5.41) is 0. The van der Waals surface area contributed by atoms with Gasteiger partial charge in [0.25, 0.3) is 0 Å². The molecule has 0 aliphatic carbocycles. The van der Waals surface area contributed by atoms with Crippen molar-refractivity contribution >= 4 is 0 Å². The average Bonchev–Trinajstić information content (AvgIpc) is 2.79. The van der Waals surface area contributed by atoms with Crippen LogP contribution in [0.5, 0.6) is 5.75 Å². The zero-order valence-electron chi connectivity index (χ0n) is 17.8. The molecule has 2 nitrogen and oxygen atoms in total. The molecule has 0 bridgehead atoms. The minimum absolute atomic E-state index is 0.0708. The molecule has 0 saturated heterocycles. The number of hydrogen-bond donors (Lipinski definition) is 0. The van der Waals surface area contributed by atoms with E-state index in [4.69, 9.17) is 9.72 Å². The molecule has 0 aliphatic rings. The van der Waals surface area contributed by atoms with Crippen molar-refractivity contribution in [1.29, 1.82) is 0 Å². The van der Waals surface area contributed by atoms with E-state index >= 15 is 0 Å². The predicted octanol–water partition coefficient (Wildman–Crippen LogP) is 7.54. The Bertz CT molecular complexity index is 1200. The lowest BCUT2D eigenvalue weighted by atomic mass is 9.93. The van der Waals surface area contributed by atoms with Gasteiger partial charge in [0.2, 0.25) is 0 Å². The third kappa shape index (κ3) is 4.83. The number of halogens is 3. The van der Waals surface area contributed by atoms with E-state index in [0.29, 0.717) is 11.4 Å². The van der Waals surface area contributed by atoms with Crippen molar-refractivity contribution in [1.82, 2.24) is 4.98 Å². The van der Waals surface area contributed by atoms with Crippen LogP contribution in [-0.2, 0) is 6.61 Å². The largest absolute Gasteiger partial charge is 0.489 e. The Hall–Kier alpha value is -3.60. The molecule has 0 unspecified atom stereocenters. The number of pyridine rings is 1. The SMILES string of the molecule is CC(C)c1nc(-c2ccc(F)cc2)cc(-c2ccc(F)cc2)c1COc1ccc(F)cc1. The second-order valence-corrected chi connectivity index (χ2v) is 7.83. The van der Waals surface area contributed by atoms with Crippen LogP contribution in [0.2, 0.25) is 0 Å². The highest BCUT2D eigenvalue weighted by atomic mass is 19.1. The summed E-state index contributed by atoms with van der Waals surface area (Å²) in [6, 6.07) is 20.2. The van der Waals surface area contributed by atoms with Gasteiger partial charge in [0.15, 0.2) is 0 Å². The van der Waals surface area contributed by atoms with E-state index in [-0.39, 0.29) is 30.0 Å². The van der Waals surface area contributed by atoms with Crippen LogP contribution in [0.15, 0.2) is 78.9 Å². The van der Waals surface area contributed by atoms with Gasteiger partial charge in [-0.1, -0.05) is 26.0 Å². The lowest BCUT2D eigenvalue weighted by molar-refractivity contribution is 0.304. The fourth-order valence-electron chi connectivity index (χ4n) is 3.56. The summed E-state index contributed by atoms with van der Waals surface area (Å²) in [5.41, 5.74) is 4.83. The monoisotopic (exact) mass is 433 g/mol. The molecule has 4 aromatic rings. The maximum Gasteiger partial charge on any atom is 0.123 e. The number of benzene rings is 3. The molecule has 0 atom stereocenters. The van der Waals surface area contributed by atoms with E-state index in [0.717, 1.165) is 27.9 Å². The Kier molecular flexibility index (Phi) is 6.26. The van der Waals surface area contributed by atoms with E-state index in [2.05, 4.69) is 0 Å². The molecule has 4 rings (SSSR count). The van der Waals surface area contributed by atoms with Gasteiger partial charge in [-0.3, -0.25) is 4.98 Å². The van der Waals surface area contributed by atoms with Crippen LogP contribution in [0.25, 0.3) is 22.4 Å². The molecule has 0 saturated carbocycles. The third-order valence-electron chi connectivity index (χ3n) is 5.20. The van der Waals surface area contributed by atoms with Crippen molar-refractivity contribution < 1.29 is 17.9 Å². The molecule has 1 aromatic heterocycles. The normalized spacial score (nSPS) is 11.1. The third-order valence-corrected chi connectivity index (χ3v) is 5.20. The molecule has 0 amide bonds. The summed E-state index contributed by atoms with van der Waals surface area (Å²) in [6.07, 6.45) is 0. The molecule has 0 aliphatic heterocycles. The van der Waals surface area contributed by atoms with Gasteiger partial charge in [0.05, 0.1) is 11.4 Å². The van der Waals surface area contributed by atoms with Crippen molar-refractivity contribution in [2.45, 2.75) is 26.4 Å². The predicted molar refractivity (Wildman–Crippen MR) is 120 cm³/mol. The summed E-state index contributed by atoms with van der Waals surface area (Å²) >= 11 is 0. The molecule has 5 heteroatoms. The maximum absolute atomic E-state index is 13.6. The highest BCUT2D eigenvalue weighted by Crippen LogP contribution is 2.34. The highest BCUT2D eigenvalue weighted by Gasteiger charge is 2.18. The zero-order valence-corrected chi connectivity index (χ0v) is 17.8. The maximum atomic E-state index is 13.6. The first-order valence-electron chi connectivity index (χ1n) is 10.3. The minimum Gasteiger partial charge on any atom is -0.489 e. The zero-order chi connectivity index (χ0) is 22.7. The van der Waals surface area contributed by atoms with Crippen molar-refractivity contribution in [2.75, 3.05) is 0 Å². The summed E-state index contributed by atoms with van der Waals surface area (Å²) in [6.45, 7) is 4.28. The number of aromatic nitrogens is 1. The van der Waals surface area contributed by atoms with Crippen LogP contribution in [0.3, 0.4) is 0 Å². The summed E-state index contributed by atoms with van der Waals surface area (Å²) in [7, 11) is 0. The van der Waals surface area contributed by atoms with Crippen LogP contribution >= 0.6 is 0 Å². The van der Waals surface area contributed by atoms with Crippen LogP contribution < -0.4 is 4.74 Å². The van der Waals surface area contributed by atoms with Gasteiger partial charge >= 0.3 is 0 Å². The van der Waals surface area contributed by atoms with E-state index in [1.54, 1.807) is 36.4 Å². The molecule has 1 heterocycles. The van der Waals surface area contributed by atoms with Crippen molar-refractivity contribution in [3.8, 4) is 28.1 Å². The van der Waals surface area contributed by atoms with Crippen molar-refractivity contribution in [2.24, 2.45) is 0 Å². The topological polar surface area (TPSA) is 22.1 Å². The molecule has 3 aromatic carbocycles. The first kappa shape index (κ1) is 21.6. The van der Waals surface area contributed by atoms with Gasteiger partial charge in [-0.2, -0.15) is 0 Å². The van der Waals surface area contributed by atoms with E-state index in [1.807, 2.05) is 19.9 Å². The Morgan fingerprint density at radius 1 is 0.719 bits per heavy atom. The average molecular weight is 433 g/mol. The highest BCUT2D eigenvalue weighted by molar-refractivity contribution is 5.74. The van der Waals surface area contributed by atoms with Gasteiger partial charge < -0.3 is 4.74 Å². The molecular weight excluding hydrogens is 411 g/mol. The lowest BCUT2D eigenvalue weighted by Crippen LogP contribution is -2.08. The Balaban J connectivity index is 1.83. The Morgan fingerprint density at radius 3 is 1.75 bits per heavy atom. The van der Waals surface area contributed by atoms with Crippen LogP contribution in [0, 0.1) is 17.5 Å². The molecular formula is C27H22F3NO. The molecule has 0 fully saturated rings. The van der Waals surface area contributed by atoms with Gasteiger partial charge in [-0.15, -0.1) is 0 Å². The summed E-state index contributed by atoms with van der Waals surface area (Å²) in [4.78, 5) is 4.87. The molecule has 162 valence electrons. The summed E-state index contributed by atoms with van der Waals surface area (Å²) < 4.78 is 46.2. The van der Waals surface area contributed by atoms with Crippen molar-refractivity contribution in [3.05, 3.63) is 108 Å². The van der Waals surface area contributed by atoms with Gasteiger partial charge in [0.1, 0.15) is 29.8 Å². The second-order valence-electron chi connectivity index (χ2n) is 7.83. The summed E-state index contributed by atoms with van der Waals surface area (Å²) in [5.74, 6) is -0.372. The van der Waals surface area contributed by atoms with E-state index < -0.39 is 0 Å². The number of nitrogens with zero attached hydrogens (tertiary/aromatic N) is 1. The standard InChI is InChI=1S/C27H22F3NO/c1-17(2)27-25(16-32-23-13-11-22(30)12-14-23)24(18-3-7-20(28)8-4-18)15-26(31-27)19-5-9-21(29)10-6-19/h3-15,17H,16H2,1-2H3. The van der Waals surface area contributed by atoms with Crippen LogP contribution in [0.1, 0.15) is 31.0 Å². The van der Waals surface area contributed by atoms with Gasteiger partial charge in [-0.05, 0) is 83.8 Å². The van der Waals surface area contributed by atoms with E-state index in [1.165, 1.54) is 36.4 Å². The quantitative estimate of drug-likeness (QED) is 0.313. The Labute approximate surface area is 185 Å². The van der Waals surface area contributed by atoms with Crippen molar-refractivity contribution in [3.63, 3.8) is 0 Å². The Morgan fingerprint density at radius 2 is 1.22 bits per heavy atom. The fraction of sp³-hybridized carbons (Fsp3) is 0.148. The van der Waals surface area contributed by atoms with Crippen LogP contribution in [0.4, 0.5) is 13.2 Å². The van der Waals surface area contributed by atoms with Gasteiger partial charge in [0, 0.05) is 11.1 Å². The van der Waals surface area contributed by atoms with E-state index in [9.17, 15) is 13.2 Å². The number of ether oxygens (including phenoxy) is 1.